The third-order valence-electron chi connectivity index (χ3n) is 4.49. The van der Waals surface area contributed by atoms with E-state index in [2.05, 4.69) is 9.97 Å². The van der Waals surface area contributed by atoms with Crippen molar-refractivity contribution in [2.75, 3.05) is 10.8 Å². The number of anilines is 1. The number of ether oxygens (including phenoxy) is 1. The van der Waals surface area contributed by atoms with Crippen molar-refractivity contribution in [1.82, 2.24) is 9.97 Å². The highest BCUT2D eigenvalue weighted by Gasteiger charge is 2.27. The molecule has 0 radical (unpaired) electrons. The average molecular weight is 414 g/mol. The number of sulfonamides is 1. The Bertz CT molecular complexity index is 1040. The van der Waals surface area contributed by atoms with Crippen LogP contribution in [0.2, 0.25) is 0 Å². The summed E-state index contributed by atoms with van der Waals surface area (Å²) >= 11 is 0. The minimum Gasteiger partial charge on any atom is -0.486 e. The maximum atomic E-state index is 13.4. The van der Waals surface area contributed by atoms with Gasteiger partial charge in [-0.3, -0.25) is 4.31 Å². The maximum absolute atomic E-state index is 13.4. The number of benzene rings is 2. The topological polar surface area (TPSA) is 75.3 Å². The molecule has 6 nitrogen and oxygen atoms in total. The molecule has 0 aliphatic carbocycles. The molecule has 0 saturated carbocycles. The van der Waals surface area contributed by atoms with Gasteiger partial charge < -0.3 is 9.72 Å². The lowest BCUT2D eigenvalue weighted by Crippen LogP contribution is -2.34. The van der Waals surface area contributed by atoms with Gasteiger partial charge in [0.15, 0.2) is 0 Å². The molecule has 7 heteroatoms. The molecule has 1 aromatic heterocycles. The molecule has 2 aromatic carbocycles. The Balaban J connectivity index is 1.87. The van der Waals surface area contributed by atoms with Crippen molar-refractivity contribution in [3.05, 3.63) is 71.8 Å². The summed E-state index contributed by atoms with van der Waals surface area (Å²) in [5.41, 5.74) is 2.75. The lowest BCUT2D eigenvalue weighted by molar-refractivity contribution is 0.297. The van der Waals surface area contributed by atoms with Crippen LogP contribution in [0.25, 0.3) is 0 Å². The second kappa shape index (κ2) is 8.69. The van der Waals surface area contributed by atoms with E-state index in [1.54, 1.807) is 36.7 Å². The molecule has 3 aromatic rings. The van der Waals surface area contributed by atoms with Crippen molar-refractivity contribution in [1.29, 1.82) is 0 Å². The van der Waals surface area contributed by atoms with Gasteiger partial charge in [-0.05, 0) is 55.7 Å². The Labute approximate surface area is 172 Å². The van der Waals surface area contributed by atoms with Crippen LogP contribution < -0.4 is 9.04 Å². The van der Waals surface area contributed by atoms with Gasteiger partial charge in [0, 0.05) is 18.9 Å². The third-order valence-corrected chi connectivity index (χ3v) is 6.29. The molecule has 1 N–H and O–H groups in total. The second-order valence-corrected chi connectivity index (χ2v) is 9.38. The van der Waals surface area contributed by atoms with Gasteiger partial charge in [0.2, 0.25) is 0 Å². The molecule has 0 fully saturated rings. The standard InChI is InChI=1S/C22H27N3O3S/c1-16(2)14-25(21-10-5-17(3)13-18(21)4)29(26,27)20-8-6-19(7-9-20)28-15-22-23-11-12-24-22/h5-13,16H,14-15H2,1-4H3,(H,23,24). The van der Waals surface area contributed by atoms with Gasteiger partial charge in [0.05, 0.1) is 10.6 Å². The Hall–Kier alpha value is -2.80. The molecular formula is C22H27N3O3S. The Kier molecular flexibility index (Phi) is 6.27. The molecule has 29 heavy (non-hydrogen) atoms. The van der Waals surface area contributed by atoms with Crippen molar-refractivity contribution in [3.8, 4) is 5.75 Å². The van der Waals surface area contributed by atoms with Crippen molar-refractivity contribution in [2.45, 2.75) is 39.2 Å². The minimum atomic E-state index is -3.70. The molecule has 0 amide bonds. The van der Waals surface area contributed by atoms with Crippen LogP contribution in [0.5, 0.6) is 5.75 Å². The third kappa shape index (κ3) is 4.98. The summed E-state index contributed by atoms with van der Waals surface area (Å²) in [5.74, 6) is 1.48. The highest BCUT2D eigenvalue weighted by molar-refractivity contribution is 7.92. The predicted octanol–water partition coefficient (Wildman–Crippen LogP) is 4.46. The minimum absolute atomic E-state index is 0.182. The number of hydrogen-bond acceptors (Lipinski definition) is 4. The van der Waals surface area contributed by atoms with Gasteiger partial charge in [-0.25, -0.2) is 13.4 Å². The summed E-state index contributed by atoms with van der Waals surface area (Å²) in [6.45, 7) is 8.66. The molecule has 0 saturated heterocycles. The van der Waals surface area contributed by atoms with Crippen LogP contribution in [0, 0.1) is 19.8 Å². The molecule has 0 atom stereocenters. The molecule has 154 valence electrons. The fraction of sp³-hybridized carbons (Fsp3) is 0.318. The number of nitrogens with zero attached hydrogens (tertiary/aromatic N) is 2. The van der Waals surface area contributed by atoms with Gasteiger partial charge in [-0.2, -0.15) is 0 Å². The predicted molar refractivity (Wildman–Crippen MR) is 115 cm³/mol. The fourth-order valence-corrected chi connectivity index (χ4v) is 4.80. The molecule has 1 heterocycles. The summed E-state index contributed by atoms with van der Waals surface area (Å²) in [6.07, 6.45) is 3.38. The number of H-pyrrole nitrogens is 1. The van der Waals surface area contributed by atoms with Gasteiger partial charge >= 0.3 is 0 Å². The quantitative estimate of drug-likeness (QED) is 0.592. The largest absolute Gasteiger partial charge is 0.486 e. The van der Waals surface area contributed by atoms with E-state index in [1.165, 1.54) is 4.31 Å². The summed E-state index contributed by atoms with van der Waals surface area (Å²) in [4.78, 5) is 7.31. The van der Waals surface area contributed by atoms with Crippen LogP contribution in [-0.4, -0.2) is 24.9 Å². The highest BCUT2D eigenvalue weighted by atomic mass is 32.2. The van der Waals surface area contributed by atoms with Crippen LogP contribution in [0.4, 0.5) is 5.69 Å². The van der Waals surface area contributed by atoms with Crippen molar-refractivity contribution in [2.24, 2.45) is 5.92 Å². The lowest BCUT2D eigenvalue weighted by atomic mass is 10.1. The van der Waals surface area contributed by atoms with E-state index in [0.717, 1.165) is 11.1 Å². The number of aromatic amines is 1. The van der Waals surface area contributed by atoms with Crippen molar-refractivity contribution < 1.29 is 13.2 Å². The monoisotopic (exact) mass is 413 g/mol. The van der Waals surface area contributed by atoms with Crippen LogP contribution in [0.15, 0.2) is 59.8 Å². The van der Waals surface area contributed by atoms with Gasteiger partial charge in [-0.15, -0.1) is 0 Å². The zero-order valence-electron chi connectivity index (χ0n) is 17.2. The zero-order valence-corrected chi connectivity index (χ0v) is 18.0. The van der Waals surface area contributed by atoms with E-state index in [-0.39, 0.29) is 10.8 Å². The maximum Gasteiger partial charge on any atom is 0.264 e. The molecule has 0 unspecified atom stereocenters. The number of aromatic nitrogens is 2. The smallest absolute Gasteiger partial charge is 0.264 e. The SMILES string of the molecule is Cc1ccc(N(CC(C)C)S(=O)(=O)c2ccc(OCc3ncc[nH]3)cc2)c(C)c1. The first-order chi connectivity index (χ1) is 13.8. The number of rotatable bonds is 8. The van der Waals surface area contributed by atoms with Crippen LogP contribution in [0.3, 0.4) is 0 Å². The summed E-state index contributed by atoms with van der Waals surface area (Å²) < 4.78 is 34.0. The van der Waals surface area contributed by atoms with Crippen molar-refractivity contribution in [3.63, 3.8) is 0 Å². The first kappa shape index (κ1) is 20.9. The van der Waals surface area contributed by atoms with Gasteiger partial charge in [0.1, 0.15) is 18.2 Å². The Morgan fingerprint density at radius 1 is 1.10 bits per heavy atom. The number of imidazole rings is 1. The van der Waals surface area contributed by atoms with Crippen molar-refractivity contribution >= 4 is 15.7 Å². The molecular weight excluding hydrogens is 386 g/mol. The zero-order chi connectivity index (χ0) is 21.0. The van der Waals surface area contributed by atoms with E-state index in [4.69, 9.17) is 4.74 Å². The van der Waals surface area contributed by atoms with Crippen LogP contribution in [-0.2, 0) is 16.6 Å². The molecule has 3 rings (SSSR count). The Morgan fingerprint density at radius 3 is 2.41 bits per heavy atom. The van der Waals surface area contributed by atoms with Gasteiger partial charge in [0.25, 0.3) is 10.0 Å². The average Bonchev–Trinajstić information content (AvgIpc) is 3.19. The van der Waals surface area contributed by atoms with Crippen LogP contribution in [0.1, 0.15) is 30.8 Å². The normalized spacial score (nSPS) is 11.6. The summed E-state index contributed by atoms with van der Waals surface area (Å²) in [7, 11) is -3.70. The number of nitrogens with one attached hydrogen (secondary N) is 1. The van der Waals surface area contributed by atoms with E-state index < -0.39 is 10.0 Å². The highest BCUT2D eigenvalue weighted by Crippen LogP contribution is 2.29. The molecule has 0 bridgehead atoms. The summed E-state index contributed by atoms with van der Waals surface area (Å²) in [6, 6.07) is 12.3. The Morgan fingerprint density at radius 2 is 1.83 bits per heavy atom. The molecule has 0 spiro atoms. The number of aryl methyl sites for hydroxylation is 2. The summed E-state index contributed by atoms with van der Waals surface area (Å²) in [5, 5.41) is 0. The first-order valence-corrected chi connectivity index (χ1v) is 11.0. The lowest BCUT2D eigenvalue weighted by Gasteiger charge is -2.28. The number of hydrogen-bond donors (Lipinski definition) is 1. The van der Waals surface area contributed by atoms with E-state index in [1.807, 2.05) is 45.9 Å². The van der Waals surface area contributed by atoms with E-state index in [0.29, 0.717) is 30.4 Å². The van der Waals surface area contributed by atoms with E-state index in [9.17, 15) is 8.42 Å². The van der Waals surface area contributed by atoms with Gasteiger partial charge in [-0.1, -0.05) is 31.5 Å². The molecule has 0 aliphatic heterocycles. The first-order valence-electron chi connectivity index (χ1n) is 9.58. The van der Waals surface area contributed by atoms with Crippen LogP contribution >= 0.6 is 0 Å². The second-order valence-electron chi connectivity index (χ2n) is 7.52. The molecule has 0 aliphatic rings. The van der Waals surface area contributed by atoms with E-state index >= 15 is 0 Å². The fourth-order valence-electron chi connectivity index (χ4n) is 3.11.